The van der Waals surface area contributed by atoms with E-state index in [2.05, 4.69) is 14.9 Å². The topological polar surface area (TPSA) is 75.3 Å². The average molecular weight is 208 g/mol. The van der Waals surface area contributed by atoms with E-state index in [1.54, 1.807) is 6.20 Å². The molecule has 5 nitrogen and oxygen atoms in total. The van der Waals surface area contributed by atoms with Crippen molar-refractivity contribution < 1.29 is 5.11 Å². The molecule has 82 valence electrons. The van der Waals surface area contributed by atoms with Gasteiger partial charge in [0.15, 0.2) is 0 Å². The number of aliphatic hydroxyl groups is 1. The number of nitrogens with two attached hydrogens (primary N) is 1. The summed E-state index contributed by atoms with van der Waals surface area (Å²) in [5.74, 6) is 1.57. The summed E-state index contributed by atoms with van der Waals surface area (Å²) in [4.78, 5) is 10.3. The standard InChI is InChI=1S/C10H16N4O/c1-7(15)8-2-3-14(6-8)10-5-12-4-9(11)13-10/h4-5,7-8,15H,2-3,6H2,1H3,(H2,11,13). The van der Waals surface area contributed by atoms with Crippen LogP contribution in [0.5, 0.6) is 0 Å². The molecule has 2 unspecified atom stereocenters. The summed E-state index contributed by atoms with van der Waals surface area (Å²) in [7, 11) is 0. The Labute approximate surface area is 88.9 Å². The molecule has 1 aliphatic rings. The Morgan fingerprint density at radius 2 is 2.40 bits per heavy atom. The lowest BCUT2D eigenvalue weighted by Crippen LogP contribution is -2.24. The molecular weight excluding hydrogens is 192 g/mol. The van der Waals surface area contributed by atoms with Crippen LogP contribution in [0.2, 0.25) is 0 Å². The van der Waals surface area contributed by atoms with Crippen molar-refractivity contribution in [2.75, 3.05) is 23.7 Å². The smallest absolute Gasteiger partial charge is 0.149 e. The van der Waals surface area contributed by atoms with Gasteiger partial charge in [0.1, 0.15) is 11.6 Å². The predicted octanol–water partition coefficient (Wildman–Crippen LogP) is 0.266. The van der Waals surface area contributed by atoms with Crippen LogP contribution < -0.4 is 10.6 Å². The monoisotopic (exact) mass is 208 g/mol. The van der Waals surface area contributed by atoms with Crippen molar-refractivity contribution >= 4 is 11.6 Å². The molecule has 0 spiro atoms. The van der Waals surface area contributed by atoms with E-state index in [1.165, 1.54) is 6.20 Å². The van der Waals surface area contributed by atoms with Crippen LogP contribution in [-0.4, -0.2) is 34.3 Å². The van der Waals surface area contributed by atoms with Crippen molar-refractivity contribution in [3.05, 3.63) is 12.4 Å². The fourth-order valence-corrected chi connectivity index (χ4v) is 1.91. The molecule has 1 aliphatic heterocycles. The molecule has 0 aromatic carbocycles. The maximum atomic E-state index is 9.48. The van der Waals surface area contributed by atoms with E-state index in [0.29, 0.717) is 11.7 Å². The van der Waals surface area contributed by atoms with Gasteiger partial charge in [-0.05, 0) is 13.3 Å². The molecule has 1 fully saturated rings. The first-order chi connectivity index (χ1) is 7.16. The lowest BCUT2D eigenvalue weighted by atomic mass is 10.0. The molecule has 2 rings (SSSR count). The van der Waals surface area contributed by atoms with Gasteiger partial charge in [0.05, 0.1) is 18.5 Å². The largest absolute Gasteiger partial charge is 0.393 e. The first kappa shape index (κ1) is 10.2. The van der Waals surface area contributed by atoms with Crippen molar-refractivity contribution in [2.24, 2.45) is 5.92 Å². The number of hydrogen-bond donors (Lipinski definition) is 2. The van der Waals surface area contributed by atoms with Crippen LogP contribution in [0, 0.1) is 5.92 Å². The van der Waals surface area contributed by atoms with E-state index in [4.69, 9.17) is 5.73 Å². The number of aromatic nitrogens is 2. The summed E-state index contributed by atoms with van der Waals surface area (Å²) in [6.07, 6.45) is 3.98. The number of hydrogen-bond acceptors (Lipinski definition) is 5. The van der Waals surface area contributed by atoms with Gasteiger partial charge < -0.3 is 15.7 Å². The molecule has 15 heavy (non-hydrogen) atoms. The van der Waals surface area contributed by atoms with Crippen molar-refractivity contribution in [2.45, 2.75) is 19.4 Å². The molecule has 1 aromatic rings. The SMILES string of the molecule is CC(O)C1CCN(c2cncc(N)n2)C1. The number of nitrogen functional groups attached to an aromatic ring is 1. The van der Waals surface area contributed by atoms with Gasteiger partial charge in [-0.15, -0.1) is 0 Å². The van der Waals surface area contributed by atoms with Gasteiger partial charge >= 0.3 is 0 Å². The lowest BCUT2D eigenvalue weighted by molar-refractivity contribution is 0.136. The van der Waals surface area contributed by atoms with E-state index in [-0.39, 0.29) is 6.10 Å². The fourth-order valence-electron chi connectivity index (χ4n) is 1.91. The summed E-state index contributed by atoms with van der Waals surface area (Å²) in [5, 5.41) is 9.48. The number of aliphatic hydroxyl groups excluding tert-OH is 1. The molecule has 2 atom stereocenters. The van der Waals surface area contributed by atoms with E-state index >= 15 is 0 Å². The van der Waals surface area contributed by atoms with Crippen LogP contribution in [-0.2, 0) is 0 Å². The normalized spacial score (nSPS) is 23.1. The van der Waals surface area contributed by atoms with Crippen LogP contribution in [0.1, 0.15) is 13.3 Å². The highest BCUT2D eigenvalue weighted by atomic mass is 16.3. The maximum absolute atomic E-state index is 9.48. The van der Waals surface area contributed by atoms with Crippen LogP contribution in [0.15, 0.2) is 12.4 Å². The van der Waals surface area contributed by atoms with Gasteiger partial charge in [-0.1, -0.05) is 0 Å². The molecule has 0 aliphatic carbocycles. The zero-order chi connectivity index (χ0) is 10.8. The zero-order valence-corrected chi connectivity index (χ0v) is 8.80. The summed E-state index contributed by atoms with van der Waals surface area (Å²) < 4.78 is 0. The van der Waals surface area contributed by atoms with E-state index in [9.17, 15) is 5.11 Å². The van der Waals surface area contributed by atoms with Crippen molar-refractivity contribution in [1.29, 1.82) is 0 Å². The molecule has 0 saturated carbocycles. The van der Waals surface area contributed by atoms with Crippen LogP contribution >= 0.6 is 0 Å². The second kappa shape index (κ2) is 4.02. The second-order valence-electron chi connectivity index (χ2n) is 4.04. The van der Waals surface area contributed by atoms with E-state index in [1.807, 2.05) is 6.92 Å². The Balaban J connectivity index is 2.08. The minimum atomic E-state index is -0.260. The predicted molar refractivity (Wildman–Crippen MR) is 58.4 cm³/mol. The molecule has 0 bridgehead atoms. The third-order valence-electron chi connectivity index (χ3n) is 2.87. The quantitative estimate of drug-likeness (QED) is 0.729. The Bertz CT molecular complexity index is 342. The van der Waals surface area contributed by atoms with Gasteiger partial charge in [-0.3, -0.25) is 4.98 Å². The van der Waals surface area contributed by atoms with Crippen LogP contribution in [0.4, 0.5) is 11.6 Å². The van der Waals surface area contributed by atoms with Crippen molar-refractivity contribution in [3.8, 4) is 0 Å². The summed E-state index contributed by atoms with van der Waals surface area (Å²) in [6.45, 7) is 3.57. The van der Waals surface area contributed by atoms with Gasteiger partial charge in [0.25, 0.3) is 0 Å². The number of rotatable bonds is 2. The third-order valence-corrected chi connectivity index (χ3v) is 2.87. The first-order valence-corrected chi connectivity index (χ1v) is 5.17. The summed E-state index contributed by atoms with van der Waals surface area (Å²) in [6, 6.07) is 0. The third kappa shape index (κ3) is 2.18. The number of anilines is 2. The van der Waals surface area contributed by atoms with Gasteiger partial charge in [-0.2, -0.15) is 0 Å². The summed E-state index contributed by atoms with van der Waals surface area (Å²) >= 11 is 0. The van der Waals surface area contributed by atoms with Gasteiger partial charge in [0, 0.05) is 19.0 Å². The highest BCUT2D eigenvalue weighted by Gasteiger charge is 2.26. The average Bonchev–Trinajstić information content (AvgIpc) is 2.66. The van der Waals surface area contributed by atoms with E-state index in [0.717, 1.165) is 25.3 Å². The molecular formula is C10H16N4O. The minimum absolute atomic E-state index is 0.260. The van der Waals surface area contributed by atoms with Crippen LogP contribution in [0.25, 0.3) is 0 Å². The molecule has 0 radical (unpaired) electrons. The molecule has 3 N–H and O–H groups in total. The molecule has 1 saturated heterocycles. The molecule has 0 amide bonds. The lowest BCUT2D eigenvalue weighted by Gasteiger charge is -2.18. The van der Waals surface area contributed by atoms with Gasteiger partial charge in [0.2, 0.25) is 0 Å². The minimum Gasteiger partial charge on any atom is -0.393 e. The fraction of sp³-hybridized carbons (Fsp3) is 0.600. The molecule has 2 heterocycles. The maximum Gasteiger partial charge on any atom is 0.149 e. The summed E-state index contributed by atoms with van der Waals surface area (Å²) in [5.41, 5.74) is 5.57. The van der Waals surface area contributed by atoms with Crippen LogP contribution in [0.3, 0.4) is 0 Å². The Morgan fingerprint density at radius 1 is 1.60 bits per heavy atom. The second-order valence-corrected chi connectivity index (χ2v) is 4.04. The Kier molecular flexibility index (Phi) is 2.73. The van der Waals surface area contributed by atoms with Gasteiger partial charge in [-0.25, -0.2) is 4.98 Å². The number of nitrogens with zero attached hydrogens (tertiary/aromatic N) is 3. The zero-order valence-electron chi connectivity index (χ0n) is 8.80. The van der Waals surface area contributed by atoms with E-state index < -0.39 is 0 Å². The van der Waals surface area contributed by atoms with Crippen molar-refractivity contribution in [3.63, 3.8) is 0 Å². The molecule has 1 aromatic heterocycles. The first-order valence-electron chi connectivity index (χ1n) is 5.17. The Morgan fingerprint density at radius 3 is 3.00 bits per heavy atom. The molecule has 5 heteroatoms. The highest BCUT2D eigenvalue weighted by molar-refractivity contribution is 5.42. The highest BCUT2D eigenvalue weighted by Crippen LogP contribution is 2.24. The Hall–Kier alpha value is -1.36. The van der Waals surface area contributed by atoms with Crippen molar-refractivity contribution in [1.82, 2.24) is 9.97 Å².